The van der Waals surface area contributed by atoms with Crippen LogP contribution in [0.3, 0.4) is 0 Å². The van der Waals surface area contributed by atoms with Crippen LogP contribution in [0.4, 0.5) is 0 Å². The Morgan fingerprint density at radius 2 is 2.26 bits per heavy atom. The Morgan fingerprint density at radius 1 is 1.63 bits per heavy atom. The van der Waals surface area contributed by atoms with Gasteiger partial charge in [0.05, 0.1) is 16.4 Å². The number of aromatic nitrogens is 2. The monoisotopic (exact) mass is 287 g/mol. The van der Waals surface area contributed by atoms with Gasteiger partial charge in [-0.2, -0.15) is 5.10 Å². The van der Waals surface area contributed by atoms with Crippen LogP contribution in [0, 0.1) is 0 Å². The minimum Gasteiger partial charge on any atom is -0.409 e. The van der Waals surface area contributed by atoms with Crippen LogP contribution in [-0.2, 0) is 20.0 Å². The number of nitrogens with zero attached hydrogens (tertiary/aromatic N) is 4. The summed E-state index contributed by atoms with van der Waals surface area (Å²) in [5, 5.41) is 16.7. The molecule has 7 heteroatoms. The average Bonchev–Trinajstić information content (AvgIpc) is 2.65. The maximum absolute atomic E-state index is 8.59. The minimum atomic E-state index is 0.145. The van der Waals surface area contributed by atoms with Gasteiger partial charge in [0.25, 0.3) is 0 Å². The Kier molecular flexibility index (Phi) is 5.62. The van der Waals surface area contributed by atoms with Gasteiger partial charge in [0.2, 0.25) is 0 Å². The number of amidine groups is 1. The number of nitrogens with two attached hydrogens (primary N) is 1. The van der Waals surface area contributed by atoms with Gasteiger partial charge in [0, 0.05) is 26.1 Å². The van der Waals surface area contributed by atoms with Gasteiger partial charge in [-0.15, -0.1) is 0 Å². The van der Waals surface area contributed by atoms with Gasteiger partial charge in [0.1, 0.15) is 5.84 Å². The largest absolute Gasteiger partial charge is 0.409 e. The predicted octanol–water partition coefficient (Wildman–Crippen LogP) is 1.59. The highest BCUT2D eigenvalue weighted by Gasteiger charge is 2.18. The second-order valence-electron chi connectivity index (χ2n) is 4.74. The first-order chi connectivity index (χ1) is 8.90. The van der Waals surface area contributed by atoms with Crippen LogP contribution >= 0.6 is 11.6 Å². The molecule has 0 saturated carbocycles. The van der Waals surface area contributed by atoms with Crippen molar-refractivity contribution in [3.8, 4) is 0 Å². The zero-order valence-electron chi connectivity index (χ0n) is 11.9. The van der Waals surface area contributed by atoms with Crippen molar-refractivity contribution in [2.24, 2.45) is 17.9 Å². The van der Waals surface area contributed by atoms with Crippen LogP contribution < -0.4 is 5.73 Å². The molecule has 1 rings (SSSR count). The first-order valence-electron chi connectivity index (χ1n) is 6.27. The molecule has 19 heavy (non-hydrogen) atoms. The maximum Gasteiger partial charge on any atom is 0.140 e. The van der Waals surface area contributed by atoms with E-state index >= 15 is 0 Å². The molecule has 0 bridgehead atoms. The Labute approximate surface area is 118 Å². The Balaban J connectivity index is 2.76. The summed E-state index contributed by atoms with van der Waals surface area (Å²) in [7, 11) is 3.87. The number of aryl methyl sites for hydroxylation is 2. The number of hydrogen-bond acceptors (Lipinski definition) is 4. The van der Waals surface area contributed by atoms with Gasteiger partial charge in [-0.25, -0.2) is 0 Å². The number of halogens is 1. The molecule has 0 aliphatic heterocycles. The van der Waals surface area contributed by atoms with E-state index < -0.39 is 0 Å². The molecular formula is C12H22ClN5O. The van der Waals surface area contributed by atoms with Gasteiger partial charge in [-0.1, -0.05) is 23.7 Å². The topological polar surface area (TPSA) is 79.7 Å². The second kappa shape index (κ2) is 6.77. The standard InChI is InChI=1S/C12H22ClN5O/c1-5-9-12(13)10(18(4)15-9)7-17(3)8(2)6-11(14)16-19/h8,19H,5-7H2,1-4H3,(H2,14,16). The zero-order chi connectivity index (χ0) is 14.6. The van der Waals surface area contributed by atoms with E-state index in [0.29, 0.717) is 13.0 Å². The fraction of sp³-hybridized carbons (Fsp3) is 0.667. The molecule has 0 spiro atoms. The molecule has 6 nitrogen and oxygen atoms in total. The van der Waals surface area contributed by atoms with Crippen LogP contribution in [-0.4, -0.2) is 38.8 Å². The molecule has 1 heterocycles. The molecule has 0 aliphatic carbocycles. The highest BCUT2D eigenvalue weighted by Crippen LogP contribution is 2.22. The highest BCUT2D eigenvalue weighted by atomic mass is 35.5. The summed E-state index contributed by atoms with van der Waals surface area (Å²) in [6.45, 7) is 4.72. The Morgan fingerprint density at radius 3 is 2.74 bits per heavy atom. The first-order valence-corrected chi connectivity index (χ1v) is 6.65. The molecule has 0 fully saturated rings. The average molecular weight is 288 g/mol. The lowest BCUT2D eigenvalue weighted by Gasteiger charge is -2.24. The number of oxime groups is 1. The van der Waals surface area contributed by atoms with Crippen LogP contribution in [0.15, 0.2) is 5.16 Å². The molecule has 0 aliphatic rings. The smallest absolute Gasteiger partial charge is 0.140 e. The van der Waals surface area contributed by atoms with Crippen molar-refractivity contribution in [2.75, 3.05) is 7.05 Å². The summed E-state index contributed by atoms with van der Waals surface area (Å²) in [5.74, 6) is 0.227. The summed E-state index contributed by atoms with van der Waals surface area (Å²) in [4.78, 5) is 2.10. The van der Waals surface area contributed by atoms with Gasteiger partial charge in [-0.05, 0) is 20.4 Å². The highest BCUT2D eigenvalue weighted by molar-refractivity contribution is 6.31. The molecular weight excluding hydrogens is 266 g/mol. The van der Waals surface area contributed by atoms with E-state index in [1.807, 2.05) is 32.6 Å². The molecule has 0 saturated heterocycles. The van der Waals surface area contributed by atoms with Crippen molar-refractivity contribution < 1.29 is 5.21 Å². The van der Waals surface area contributed by atoms with Crippen LogP contribution in [0.5, 0.6) is 0 Å². The van der Waals surface area contributed by atoms with E-state index in [1.165, 1.54) is 0 Å². The van der Waals surface area contributed by atoms with E-state index in [2.05, 4.69) is 15.2 Å². The molecule has 1 unspecified atom stereocenters. The summed E-state index contributed by atoms with van der Waals surface area (Å²) >= 11 is 6.31. The molecule has 3 N–H and O–H groups in total. The van der Waals surface area contributed by atoms with E-state index in [-0.39, 0.29) is 11.9 Å². The summed E-state index contributed by atoms with van der Waals surface area (Å²) < 4.78 is 1.81. The van der Waals surface area contributed by atoms with Crippen molar-refractivity contribution in [3.63, 3.8) is 0 Å². The maximum atomic E-state index is 8.59. The van der Waals surface area contributed by atoms with Crippen molar-refractivity contribution >= 4 is 17.4 Å². The molecule has 0 amide bonds. The molecule has 1 aromatic heterocycles. The van der Waals surface area contributed by atoms with Crippen molar-refractivity contribution in [2.45, 2.75) is 39.3 Å². The second-order valence-corrected chi connectivity index (χ2v) is 5.12. The lowest BCUT2D eigenvalue weighted by molar-refractivity contribution is 0.245. The van der Waals surface area contributed by atoms with Crippen LogP contribution in [0.1, 0.15) is 31.7 Å². The Hall–Kier alpha value is -1.27. The van der Waals surface area contributed by atoms with Gasteiger partial charge < -0.3 is 10.9 Å². The SMILES string of the molecule is CCc1nn(C)c(CN(C)C(C)CC(N)=NO)c1Cl. The fourth-order valence-electron chi connectivity index (χ4n) is 1.88. The van der Waals surface area contributed by atoms with Crippen LogP contribution in [0.2, 0.25) is 5.02 Å². The fourth-order valence-corrected chi connectivity index (χ4v) is 2.24. The van der Waals surface area contributed by atoms with E-state index in [9.17, 15) is 0 Å². The lowest BCUT2D eigenvalue weighted by atomic mass is 10.2. The summed E-state index contributed by atoms with van der Waals surface area (Å²) in [6, 6.07) is 0.145. The van der Waals surface area contributed by atoms with E-state index in [0.717, 1.165) is 22.8 Å². The molecule has 0 aromatic carbocycles. The van der Waals surface area contributed by atoms with E-state index in [4.69, 9.17) is 22.5 Å². The third-order valence-electron chi connectivity index (χ3n) is 3.29. The summed E-state index contributed by atoms with van der Waals surface area (Å²) in [5.41, 5.74) is 7.41. The molecule has 0 radical (unpaired) electrons. The normalized spacial score (nSPS) is 14.1. The van der Waals surface area contributed by atoms with Crippen molar-refractivity contribution in [1.29, 1.82) is 0 Å². The van der Waals surface area contributed by atoms with Gasteiger partial charge in [-0.3, -0.25) is 9.58 Å². The molecule has 108 valence electrons. The number of rotatable bonds is 6. The first kappa shape index (κ1) is 15.8. The third-order valence-corrected chi connectivity index (χ3v) is 3.72. The lowest BCUT2D eigenvalue weighted by Crippen LogP contribution is -2.33. The van der Waals surface area contributed by atoms with Crippen molar-refractivity contribution in [1.82, 2.24) is 14.7 Å². The third kappa shape index (κ3) is 3.84. The van der Waals surface area contributed by atoms with Crippen LogP contribution in [0.25, 0.3) is 0 Å². The van der Waals surface area contributed by atoms with Gasteiger partial charge in [0.15, 0.2) is 0 Å². The summed E-state index contributed by atoms with van der Waals surface area (Å²) in [6.07, 6.45) is 1.32. The predicted molar refractivity (Wildman–Crippen MR) is 76.6 cm³/mol. The van der Waals surface area contributed by atoms with E-state index in [1.54, 1.807) is 0 Å². The van der Waals surface area contributed by atoms with Gasteiger partial charge >= 0.3 is 0 Å². The molecule has 1 aromatic rings. The zero-order valence-corrected chi connectivity index (χ0v) is 12.6. The Bertz CT molecular complexity index is 457. The quantitative estimate of drug-likeness (QED) is 0.360. The number of hydrogen-bond donors (Lipinski definition) is 2. The minimum absolute atomic E-state index is 0.145. The molecule has 1 atom stereocenters. The van der Waals surface area contributed by atoms with Crippen molar-refractivity contribution in [3.05, 3.63) is 16.4 Å².